The average Bonchev–Trinajstić information content (AvgIpc) is 2.56. The van der Waals surface area contributed by atoms with Gasteiger partial charge in [-0.05, 0) is 67.5 Å². The maximum absolute atomic E-state index is 12.5. The number of hydrogen-bond acceptors (Lipinski definition) is 2. The monoisotopic (exact) mass is 304 g/mol. The van der Waals surface area contributed by atoms with Crippen molar-refractivity contribution in [2.45, 2.75) is 39.2 Å². The molecule has 0 radical (unpaired) electrons. The molecule has 2 aromatic rings. The lowest BCUT2D eigenvalue weighted by molar-refractivity contribution is 0.685. The fourth-order valence-electron chi connectivity index (χ4n) is 3.24. The lowest BCUT2D eigenvalue weighted by Crippen LogP contribution is -2.24. The van der Waals surface area contributed by atoms with E-state index in [4.69, 9.17) is 5.26 Å². The molecule has 1 aromatic carbocycles. The van der Waals surface area contributed by atoms with Crippen molar-refractivity contribution in [3.8, 4) is 17.3 Å². The molecule has 1 heterocycles. The molecular formula is C20H20N2O. The van der Waals surface area contributed by atoms with Crippen LogP contribution in [0.4, 0.5) is 0 Å². The van der Waals surface area contributed by atoms with Crippen LogP contribution in [0, 0.1) is 11.3 Å². The van der Waals surface area contributed by atoms with Gasteiger partial charge in [0.15, 0.2) is 0 Å². The van der Waals surface area contributed by atoms with E-state index in [0.29, 0.717) is 6.54 Å². The summed E-state index contributed by atoms with van der Waals surface area (Å²) in [6.07, 6.45) is 4.72. The van der Waals surface area contributed by atoms with Gasteiger partial charge in [-0.1, -0.05) is 24.3 Å². The maximum Gasteiger partial charge on any atom is 0.269 e. The van der Waals surface area contributed by atoms with Gasteiger partial charge in [-0.15, -0.1) is 0 Å². The number of pyridine rings is 1. The molecule has 3 rings (SSSR count). The summed E-state index contributed by atoms with van der Waals surface area (Å²) in [5, 5.41) is 9.11. The van der Waals surface area contributed by atoms with Crippen LogP contribution in [0.3, 0.4) is 0 Å². The summed E-state index contributed by atoms with van der Waals surface area (Å²) in [6.45, 7) is 6.23. The van der Waals surface area contributed by atoms with Crippen molar-refractivity contribution < 1.29 is 0 Å². The van der Waals surface area contributed by atoms with Crippen molar-refractivity contribution in [1.82, 2.24) is 4.57 Å². The molecule has 1 aromatic heterocycles. The Kier molecular flexibility index (Phi) is 4.16. The van der Waals surface area contributed by atoms with E-state index in [2.05, 4.69) is 24.8 Å². The number of nitriles is 1. The van der Waals surface area contributed by atoms with Gasteiger partial charge in [-0.3, -0.25) is 4.79 Å². The molecule has 0 saturated carbocycles. The highest BCUT2D eigenvalue weighted by Crippen LogP contribution is 2.27. The number of aryl methyl sites for hydroxylation is 2. The minimum atomic E-state index is -0.245. The first-order chi connectivity index (χ1) is 11.1. The average molecular weight is 304 g/mol. The molecule has 0 spiro atoms. The van der Waals surface area contributed by atoms with E-state index in [1.165, 1.54) is 24.0 Å². The number of fused-ring (bicyclic) bond motifs is 1. The molecule has 23 heavy (non-hydrogen) atoms. The second kappa shape index (κ2) is 6.26. The molecule has 0 amide bonds. The molecular weight excluding hydrogens is 284 g/mol. The molecule has 0 saturated heterocycles. The predicted octanol–water partition coefficient (Wildman–Crippen LogP) is 3.84. The molecule has 1 aliphatic rings. The van der Waals surface area contributed by atoms with Crippen LogP contribution in [-0.4, -0.2) is 4.57 Å². The minimum absolute atomic E-state index is 0.174. The third-order valence-electron chi connectivity index (χ3n) is 4.37. The number of rotatable bonds is 3. The largest absolute Gasteiger partial charge is 0.303 e. The smallest absolute Gasteiger partial charge is 0.269 e. The van der Waals surface area contributed by atoms with Gasteiger partial charge in [0, 0.05) is 6.54 Å². The lowest BCUT2D eigenvalue weighted by Gasteiger charge is -2.18. The first-order valence-electron chi connectivity index (χ1n) is 8.00. The summed E-state index contributed by atoms with van der Waals surface area (Å²) in [4.78, 5) is 12.5. The zero-order valence-corrected chi connectivity index (χ0v) is 13.4. The Morgan fingerprint density at radius 2 is 1.96 bits per heavy atom. The predicted molar refractivity (Wildman–Crippen MR) is 92.3 cm³/mol. The molecule has 0 unspecified atom stereocenters. The Bertz CT molecular complexity index is 868. The van der Waals surface area contributed by atoms with Gasteiger partial charge in [-0.2, -0.15) is 5.26 Å². The van der Waals surface area contributed by atoms with Gasteiger partial charge in [0.1, 0.15) is 11.6 Å². The lowest BCUT2D eigenvalue weighted by atomic mass is 9.90. The van der Waals surface area contributed by atoms with Crippen molar-refractivity contribution in [2.75, 3.05) is 0 Å². The molecule has 3 heteroatoms. The maximum atomic E-state index is 12.5. The van der Waals surface area contributed by atoms with Gasteiger partial charge in [0.25, 0.3) is 5.56 Å². The van der Waals surface area contributed by atoms with Crippen LogP contribution in [0.2, 0.25) is 0 Å². The van der Waals surface area contributed by atoms with Gasteiger partial charge in [0.2, 0.25) is 0 Å². The second-order valence-electron chi connectivity index (χ2n) is 6.28. The highest BCUT2D eigenvalue weighted by molar-refractivity contribution is 5.62. The number of aromatic nitrogens is 1. The molecule has 0 atom stereocenters. The first-order valence-corrected chi connectivity index (χ1v) is 8.00. The van der Waals surface area contributed by atoms with Gasteiger partial charge < -0.3 is 4.57 Å². The Labute approximate surface area is 136 Å². The molecule has 0 N–H and O–H groups in total. The van der Waals surface area contributed by atoms with E-state index in [0.717, 1.165) is 29.7 Å². The van der Waals surface area contributed by atoms with Crippen molar-refractivity contribution in [3.63, 3.8) is 0 Å². The summed E-state index contributed by atoms with van der Waals surface area (Å²) >= 11 is 0. The van der Waals surface area contributed by atoms with Crippen molar-refractivity contribution >= 4 is 0 Å². The third kappa shape index (κ3) is 2.98. The molecule has 0 aliphatic heterocycles. The number of nitrogens with zero attached hydrogens (tertiary/aromatic N) is 2. The van der Waals surface area contributed by atoms with E-state index >= 15 is 0 Å². The van der Waals surface area contributed by atoms with E-state index in [1.54, 1.807) is 10.6 Å². The normalized spacial score (nSPS) is 13.2. The summed E-state index contributed by atoms with van der Waals surface area (Å²) < 4.78 is 1.66. The third-order valence-corrected chi connectivity index (χ3v) is 4.37. The van der Waals surface area contributed by atoms with Crippen LogP contribution in [0.25, 0.3) is 11.3 Å². The Balaban J connectivity index is 2.16. The zero-order chi connectivity index (χ0) is 16.4. The standard InChI is InChI=1S/C20H20N2O/c1-14(2)13-22-19(10-9-18(12-21)20(22)23)17-8-7-15-5-3-4-6-16(15)11-17/h7-11H,1,3-6,13H2,2H3. The second-order valence-corrected chi connectivity index (χ2v) is 6.28. The Morgan fingerprint density at radius 3 is 2.65 bits per heavy atom. The topological polar surface area (TPSA) is 45.8 Å². The zero-order valence-electron chi connectivity index (χ0n) is 13.4. The molecule has 3 nitrogen and oxygen atoms in total. The Hall–Kier alpha value is -2.60. The van der Waals surface area contributed by atoms with Gasteiger partial charge >= 0.3 is 0 Å². The number of hydrogen-bond donors (Lipinski definition) is 0. The highest BCUT2D eigenvalue weighted by atomic mass is 16.1. The SMILES string of the molecule is C=C(C)Cn1c(-c2ccc3c(c2)CCCC3)ccc(C#N)c1=O. The van der Waals surface area contributed by atoms with E-state index in [9.17, 15) is 4.79 Å². The molecule has 116 valence electrons. The van der Waals surface area contributed by atoms with Gasteiger partial charge in [-0.25, -0.2) is 0 Å². The van der Waals surface area contributed by atoms with Crippen LogP contribution < -0.4 is 5.56 Å². The summed E-state index contributed by atoms with van der Waals surface area (Å²) in [7, 11) is 0. The van der Waals surface area contributed by atoms with Crippen molar-refractivity contribution in [2.24, 2.45) is 0 Å². The van der Waals surface area contributed by atoms with Crippen LogP contribution in [0.15, 0.2) is 47.3 Å². The quantitative estimate of drug-likeness (QED) is 0.809. The minimum Gasteiger partial charge on any atom is -0.303 e. The summed E-state index contributed by atoms with van der Waals surface area (Å²) in [5.74, 6) is 0. The van der Waals surface area contributed by atoms with Crippen LogP contribution in [0.1, 0.15) is 36.5 Å². The van der Waals surface area contributed by atoms with Crippen molar-refractivity contribution in [3.05, 3.63) is 69.5 Å². The van der Waals surface area contributed by atoms with Gasteiger partial charge in [0.05, 0.1) is 5.69 Å². The molecule has 1 aliphatic carbocycles. The van der Waals surface area contributed by atoms with Crippen LogP contribution >= 0.6 is 0 Å². The summed E-state index contributed by atoms with van der Waals surface area (Å²) in [5.41, 5.74) is 5.51. The van der Waals surface area contributed by atoms with E-state index in [-0.39, 0.29) is 11.1 Å². The number of benzene rings is 1. The first kappa shape index (κ1) is 15.3. The van der Waals surface area contributed by atoms with Crippen molar-refractivity contribution in [1.29, 1.82) is 5.26 Å². The Morgan fingerprint density at radius 1 is 1.22 bits per heavy atom. The van der Waals surface area contributed by atoms with E-state index in [1.807, 2.05) is 19.1 Å². The fourth-order valence-corrected chi connectivity index (χ4v) is 3.24. The van der Waals surface area contributed by atoms with E-state index < -0.39 is 0 Å². The molecule has 0 bridgehead atoms. The van der Waals surface area contributed by atoms with Crippen LogP contribution in [-0.2, 0) is 19.4 Å². The number of allylic oxidation sites excluding steroid dienone is 1. The van der Waals surface area contributed by atoms with Crippen LogP contribution in [0.5, 0.6) is 0 Å². The fraction of sp³-hybridized carbons (Fsp3) is 0.300. The highest BCUT2D eigenvalue weighted by Gasteiger charge is 2.14. The molecule has 0 fully saturated rings. The summed E-state index contributed by atoms with van der Waals surface area (Å²) in [6, 6.07) is 11.9.